The number of carbonyl (C=O) groups excluding carboxylic acids is 1. The van der Waals surface area contributed by atoms with E-state index in [1.165, 1.54) is 0 Å². The molecule has 0 unspecified atom stereocenters. The van der Waals surface area contributed by atoms with E-state index in [1.54, 1.807) is 0 Å². The lowest BCUT2D eigenvalue weighted by Crippen LogP contribution is -2.55. The molecule has 2 saturated heterocycles. The number of guanidine groups is 1. The van der Waals surface area contributed by atoms with E-state index < -0.39 is 0 Å². The number of morpholine rings is 1. The van der Waals surface area contributed by atoms with Crippen molar-refractivity contribution in [3.63, 3.8) is 0 Å². The van der Waals surface area contributed by atoms with Gasteiger partial charge in [0.25, 0.3) is 0 Å². The molecule has 0 spiro atoms. The Morgan fingerprint density at radius 1 is 1.13 bits per heavy atom. The monoisotopic (exact) mass is 421 g/mol. The first kappa shape index (κ1) is 22.5. The van der Waals surface area contributed by atoms with Gasteiger partial charge in [0, 0.05) is 58.2 Å². The molecule has 1 aromatic heterocycles. The Hall–Kier alpha value is -2.20. The number of nitrogens with one attached hydrogen (secondary N) is 1. The van der Waals surface area contributed by atoms with Gasteiger partial charge in [-0.25, -0.2) is 0 Å². The van der Waals surface area contributed by atoms with Crippen LogP contribution in [0.15, 0.2) is 9.52 Å². The Kier molecular flexibility index (Phi) is 8.44. The van der Waals surface area contributed by atoms with Crippen molar-refractivity contribution in [2.24, 2.45) is 4.99 Å². The zero-order valence-electron chi connectivity index (χ0n) is 18.5. The molecular weight excluding hydrogens is 386 g/mol. The number of nitrogens with zero attached hydrogens (tertiary/aromatic N) is 6. The summed E-state index contributed by atoms with van der Waals surface area (Å²) in [6.45, 7) is 14.1. The minimum absolute atomic E-state index is 0.202. The van der Waals surface area contributed by atoms with Crippen LogP contribution in [-0.4, -0.2) is 109 Å². The molecule has 0 aromatic carbocycles. The van der Waals surface area contributed by atoms with Gasteiger partial charge in [-0.3, -0.25) is 14.7 Å². The van der Waals surface area contributed by atoms with E-state index in [0.717, 1.165) is 44.5 Å². The van der Waals surface area contributed by atoms with Crippen molar-refractivity contribution >= 4 is 11.9 Å². The molecule has 2 fully saturated rings. The summed E-state index contributed by atoms with van der Waals surface area (Å²) in [5, 5.41) is 7.37. The largest absolute Gasteiger partial charge is 0.378 e. The van der Waals surface area contributed by atoms with Crippen LogP contribution in [-0.2, 0) is 16.0 Å². The minimum atomic E-state index is 0.202. The highest BCUT2D eigenvalue weighted by Gasteiger charge is 2.24. The molecule has 1 N–H and O–H groups in total. The molecule has 2 aliphatic rings. The number of carbonyl (C=O) groups is 1. The molecule has 2 aliphatic heterocycles. The first-order valence-corrected chi connectivity index (χ1v) is 11.0. The number of rotatable bonds is 7. The quantitative estimate of drug-likeness (QED) is 0.492. The lowest BCUT2D eigenvalue weighted by molar-refractivity contribution is -0.136. The predicted molar refractivity (Wildman–Crippen MR) is 113 cm³/mol. The smallest absolute Gasteiger partial charge is 0.236 e. The molecule has 10 heteroatoms. The maximum atomic E-state index is 12.5. The van der Waals surface area contributed by atoms with Gasteiger partial charge in [-0.15, -0.1) is 0 Å². The maximum Gasteiger partial charge on any atom is 0.236 e. The highest BCUT2D eigenvalue weighted by Crippen LogP contribution is 2.10. The van der Waals surface area contributed by atoms with E-state index in [0.29, 0.717) is 51.7 Å². The molecule has 0 aliphatic carbocycles. The fourth-order valence-electron chi connectivity index (χ4n) is 3.51. The second kappa shape index (κ2) is 11.3. The van der Waals surface area contributed by atoms with Gasteiger partial charge >= 0.3 is 0 Å². The third-order valence-electron chi connectivity index (χ3n) is 5.32. The van der Waals surface area contributed by atoms with Crippen LogP contribution in [0.1, 0.15) is 38.4 Å². The standard InChI is InChI=1S/C20H35N7O3/c1-4-21-20(22-6-5-17-23-19(16(2)3)24-30-17)27-9-7-25(8-10-27)15-18(28)26-11-13-29-14-12-26/h16H,4-15H2,1-3H3,(H,21,22). The van der Waals surface area contributed by atoms with Crippen molar-refractivity contribution in [1.29, 1.82) is 0 Å². The Bertz CT molecular complexity index is 692. The fourth-order valence-corrected chi connectivity index (χ4v) is 3.51. The van der Waals surface area contributed by atoms with Crippen LogP contribution in [0.3, 0.4) is 0 Å². The van der Waals surface area contributed by atoms with E-state index in [-0.39, 0.29) is 11.8 Å². The molecule has 10 nitrogen and oxygen atoms in total. The summed E-state index contributed by atoms with van der Waals surface area (Å²) in [6.07, 6.45) is 0.628. The van der Waals surface area contributed by atoms with Gasteiger partial charge < -0.3 is 24.4 Å². The van der Waals surface area contributed by atoms with Crippen molar-refractivity contribution in [2.45, 2.75) is 33.1 Å². The molecule has 0 radical (unpaired) electrons. The zero-order chi connectivity index (χ0) is 21.3. The Labute approximate surface area is 178 Å². The third kappa shape index (κ3) is 6.40. The van der Waals surface area contributed by atoms with E-state index in [9.17, 15) is 4.79 Å². The van der Waals surface area contributed by atoms with Crippen LogP contribution in [0.5, 0.6) is 0 Å². The SMILES string of the molecule is CCNC(=NCCc1nc(C(C)C)no1)N1CCN(CC(=O)N2CCOCC2)CC1. The number of aliphatic imine (C=N–C) groups is 1. The summed E-state index contributed by atoms with van der Waals surface area (Å²) in [6, 6.07) is 0. The van der Waals surface area contributed by atoms with Crippen molar-refractivity contribution < 1.29 is 14.1 Å². The van der Waals surface area contributed by atoms with Crippen LogP contribution in [0.4, 0.5) is 0 Å². The van der Waals surface area contributed by atoms with Gasteiger partial charge in [0.15, 0.2) is 11.8 Å². The number of piperazine rings is 1. The number of aromatic nitrogens is 2. The second-order valence-corrected chi connectivity index (χ2v) is 7.94. The minimum Gasteiger partial charge on any atom is -0.378 e. The molecule has 3 rings (SSSR count). The van der Waals surface area contributed by atoms with Crippen LogP contribution >= 0.6 is 0 Å². The van der Waals surface area contributed by atoms with E-state index in [4.69, 9.17) is 14.3 Å². The molecule has 168 valence electrons. The van der Waals surface area contributed by atoms with Crippen LogP contribution in [0, 0.1) is 0 Å². The molecule has 0 saturated carbocycles. The first-order chi connectivity index (χ1) is 14.6. The van der Waals surface area contributed by atoms with Crippen LogP contribution in [0.25, 0.3) is 0 Å². The number of ether oxygens (including phenoxy) is 1. The molecule has 30 heavy (non-hydrogen) atoms. The fraction of sp³-hybridized carbons (Fsp3) is 0.800. The summed E-state index contributed by atoms with van der Waals surface area (Å²) in [5.74, 6) is 2.73. The molecule has 3 heterocycles. The van der Waals surface area contributed by atoms with Gasteiger partial charge in [0.2, 0.25) is 11.8 Å². The zero-order valence-corrected chi connectivity index (χ0v) is 18.5. The average molecular weight is 422 g/mol. The number of hydrogen-bond acceptors (Lipinski definition) is 7. The normalized spacial score (nSPS) is 18.9. The summed E-state index contributed by atoms with van der Waals surface area (Å²) in [7, 11) is 0. The van der Waals surface area contributed by atoms with Gasteiger partial charge in [-0.05, 0) is 6.92 Å². The van der Waals surface area contributed by atoms with Crippen molar-refractivity contribution in [3.05, 3.63) is 11.7 Å². The lowest BCUT2D eigenvalue weighted by Gasteiger charge is -2.37. The average Bonchev–Trinajstić information content (AvgIpc) is 3.24. The van der Waals surface area contributed by atoms with Crippen molar-refractivity contribution in [2.75, 3.05) is 72.1 Å². The van der Waals surface area contributed by atoms with E-state index >= 15 is 0 Å². The van der Waals surface area contributed by atoms with Crippen molar-refractivity contribution in [3.8, 4) is 0 Å². The molecular formula is C20H35N7O3. The first-order valence-electron chi connectivity index (χ1n) is 11.0. The van der Waals surface area contributed by atoms with Crippen LogP contribution < -0.4 is 5.32 Å². The highest BCUT2D eigenvalue weighted by atomic mass is 16.5. The third-order valence-corrected chi connectivity index (χ3v) is 5.32. The Balaban J connectivity index is 1.45. The topological polar surface area (TPSA) is 99.3 Å². The molecule has 0 bridgehead atoms. The number of amides is 1. The van der Waals surface area contributed by atoms with E-state index in [1.807, 2.05) is 18.7 Å². The van der Waals surface area contributed by atoms with Gasteiger partial charge in [0.05, 0.1) is 26.3 Å². The molecule has 0 atom stereocenters. The maximum absolute atomic E-state index is 12.5. The predicted octanol–water partition coefficient (Wildman–Crippen LogP) is 0.177. The Morgan fingerprint density at radius 2 is 1.87 bits per heavy atom. The second-order valence-electron chi connectivity index (χ2n) is 7.94. The molecule has 1 amide bonds. The van der Waals surface area contributed by atoms with Crippen LogP contribution in [0.2, 0.25) is 0 Å². The highest BCUT2D eigenvalue weighted by molar-refractivity contribution is 5.80. The number of hydrogen-bond donors (Lipinski definition) is 1. The van der Waals surface area contributed by atoms with E-state index in [2.05, 4.69) is 32.2 Å². The van der Waals surface area contributed by atoms with Gasteiger partial charge in [-0.1, -0.05) is 19.0 Å². The summed E-state index contributed by atoms with van der Waals surface area (Å²) in [5.41, 5.74) is 0. The summed E-state index contributed by atoms with van der Waals surface area (Å²) in [4.78, 5) is 28.0. The summed E-state index contributed by atoms with van der Waals surface area (Å²) < 4.78 is 10.6. The summed E-state index contributed by atoms with van der Waals surface area (Å²) >= 11 is 0. The van der Waals surface area contributed by atoms with Gasteiger partial charge in [0.1, 0.15) is 0 Å². The van der Waals surface area contributed by atoms with Crippen molar-refractivity contribution in [1.82, 2.24) is 30.2 Å². The lowest BCUT2D eigenvalue weighted by atomic mass is 10.2. The van der Waals surface area contributed by atoms with Gasteiger partial charge in [-0.2, -0.15) is 4.98 Å². The molecule has 1 aromatic rings. The Morgan fingerprint density at radius 3 is 2.50 bits per heavy atom.